The highest BCUT2D eigenvalue weighted by Gasteiger charge is 2.12. The SMILES string of the molecule is CC(C)OC(=O)c1cc2c(Br)cccc2cn1. The van der Waals surface area contributed by atoms with E-state index in [9.17, 15) is 4.79 Å². The van der Waals surface area contributed by atoms with E-state index < -0.39 is 5.97 Å². The minimum atomic E-state index is -0.391. The van der Waals surface area contributed by atoms with Gasteiger partial charge in [0, 0.05) is 16.1 Å². The fraction of sp³-hybridized carbons (Fsp3) is 0.231. The lowest BCUT2D eigenvalue weighted by molar-refractivity contribution is 0.0371. The second-order valence-electron chi connectivity index (χ2n) is 3.98. The average molecular weight is 294 g/mol. The smallest absolute Gasteiger partial charge is 0.357 e. The van der Waals surface area contributed by atoms with Crippen molar-refractivity contribution in [3.8, 4) is 0 Å². The van der Waals surface area contributed by atoms with Crippen molar-refractivity contribution in [2.45, 2.75) is 20.0 Å². The van der Waals surface area contributed by atoms with E-state index in [-0.39, 0.29) is 6.10 Å². The van der Waals surface area contributed by atoms with Crippen molar-refractivity contribution in [2.24, 2.45) is 0 Å². The Kier molecular flexibility index (Phi) is 3.43. The van der Waals surface area contributed by atoms with Gasteiger partial charge in [-0.1, -0.05) is 28.1 Å². The highest BCUT2D eigenvalue weighted by Crippen LogP contribution is 2.23. The second kappa shape index (κ2) is 4.84. The Morgan fingerprint density at radius 2 is 2.18 bits per heavy atom. The molecule has 0 aliphatic carbocycles. The summed E-state index contributed by atoms with van der Waals surface area (Å²) in [5, 5.41) is 1.94. The van der Waals surface area contributed by atoms with Crippen LogP contribution in [0.5, 0.6) is 0 Å². The Morgan fingerprint density at radius 1 is 1.41 bits per heavy atom. The van der Waals surface area contributed by atoms with Crippen LogP contribution < -0.4 is 0 Å². The summed E-state index contributed by atoms with van der Waals surface area (Å²) in [5.41, 5.74) is 0.332. The van der Waals surface area contributed by atoms with Gasteiger partial charge < -0.3 is 4.74 Å². The van der Waals surface area contributed by atoms with Gasteiger partial charge in [-0.25, -0.2) is 9.78 Å². The monoisotopic (exact) mass is 293 g/mol. The number of halogens is 1. The van der Waals surface area contributed by atoms with Gasteiger partial charge in [0.25, 0.3) is 0 Å². The maximum atomic E-state index is 11.7. The Balaban J connectivity index is 2.44. The summed E-state index contributed by atoms with van der Waals surface area (Å²) in [7, 11) is 0. The standard InChI is InChI=1S/C13H12BrNO2/c1-8(2)17-13(16)12-6-10-9(7-15-12)4-3-5-11(10)14/h3-8H,1-2H3. The van der Waals surface area contributed by atoms with Crippen LogP contribution in [0.4, 0.5) is 0 Å². The van der Waals surface area contributed by atoms with Crippen molar-refractivity contribution in [3.05, 3.63) is 40.6 Å². The first-order valence-corrected chi connectivity index (χ1v) is 6.12. The third kappa shape index (κ3) is 2.64. The topological polar surface area (TPSA) is 39.2 Å². The molecule has 3 nitrogen and oxygen atoms in total. The summed E-state index contributed by atoms with van der Waals surface area (Å²) < 4.78 is 6.05. The highest BCUT2D eigenvalue weighted by atomic mass is 79.9. The van der Waals surface area contributed by atoms with Crippen LogP contribution >= 0.6 is 15.9 Å². The normalized spacial score (nSPS) is 10.8. The molecule has 1 aromatic heterocycles. The number of pyridine rings is 1. The number of nitrogens with zero attached hydrogens (tertiary/aromatic N) is 1. The molecule has 0 radical (unpaired) electrons. The van der Waals surface area contributed by atoms with Gasteiger partial charge in [-0.15, -0.1) is 0 Å². The molecule has 0 unspecified atom stereocenters. The number of esters is 1. The number of carbonyl (C=O) groups excluding carboxylic acids is 1. The fourth-order valence-electron chi connectivity index (χ4n) is 1.52. The van der Waals surface area contributed by atoms with Crippen LogP contribution in [0.3, 0.4) is 0 Å². The molecule has 0 atom stereocenters. The molecule has 0 N–H and O–H groups in total. The van der Waals surface area contributed by atoms with Gasteiger partial charge in [0.05, 0.1) is 6.10 Å². The Morgan fingerprint density at radius 3 is 2.88 bits per heavy atom. The number of aromatic nitrogens is 1. The number of benzene rings is 1. The van der Waals surface area contributed by atoms with Crippen molar-refractivity contribution in [3.63, 3.8) is 0 Å². The Bertz CT molecular complexity index is 566. The summed E-state index contributed by atoms with van der Waals surface area (Å²) in [6.07, 6.45) is 1.54. The minimum Gasteiger partial charge on any atom is -0.458 e. The van der Waals surface area contributed by atoms with Crippen molar-refractivity contribution in [1.82, 2.24) is 4.98 Å². The number of carbonyl (C=O) groups is 1. The van der Waals surface area contributed by atoms with Gasteiger partial charge in [-0.2, -0.15) is 0 Å². The summed E-state index contributed by atoms with van der Waals surface area (Å²) in [6.45, 7) is 3.63. The summed E-state index contributed by atoms with van der Waals surface area (Å²) in [5.74, 6) is -0.391. The number of fused-ring (bicyclic) bond motifs is 1. The van der Waals surface area contributed by atoms with E-state index in [1.54, 1.807) is 12.3 Å². The zero-order chi connectivity index (χ0) is 12.4. The lowest BCUT2D eigenvalue weighted by atomic mass is 10.1. The van der Waals surface area contributed by atoms with Gasteiger partial charge in [0.1, 0.15) is 5.69 Å². The molecule has 1 aromatic carbocycles. The molecule has 0 aliphatic rings. The predicted molar refractivity (Wildman–Crippen MR) is 70.0 cm³/mol. The molecule has 4 heteroatoms. The first-order valence-electron chi connectivity index (χ1n) is 5.33. The largest absolute Gasteiger partial charge is 0.458 e. The molecule has 0 saturated carbocycles. The summed E-state index contributed by atoms with van der Waals surface area (Å²) >= 11 is 3.45. The van der Waals surface area contributed by atoms with Crippen LogP contribution in [0.2, 0.25) is 0 Å². The van der Waals surface area contributed by atoms with Crippen LogP contribution in [0, 0.1) is 0 Å². The average Bonchev–Trinajstić information content (AvgIpc) is 2.28. The van der Waals surface area contributed by atoms with Gasteiger partial charge in [-0.3, -0.25) is 0 Å². The summed E-state index contributed by atoms with van der Waals surface area (Å²) in [6, 6.07) is 7.55. The van der Waals surface area contributed by atoms with E-state index in [4.69, 9.17) is 4.74 Å². The first kappa shape index (κ1) is 12.0. The lowest BCUT2D eigenvalue weighted by Gasteiger charge is -2.08. The van der Waals surface area contributed by atoms with Gasteiger partial charge >= 0.3 is 5.97 Å². The van der Waals surface area contributed by atoms with Crippen LogP contribution in [0.15, 0.2) is 34.9 Å². The molecular formula is C13H12BrNO2. The highest BCUT2D eigenvalue weighted by molar-refractivity contribution is 9.10. The first-order chi connectivity index (χ1) is 8.08. The maximum Gasteiger partial charge on any atom is 0.357 e. The molecule has 1 heterocycles. The summed E-state index contributed by atoms with van der Waals surface area (Å²) in [4.78, 5) is 15.8. The molecule has 2 rings (SSSR count). The third-order valence-corrected chi connectivity index (χ3v) is 2.95. The molecule has 88 valence electrons. The molecule has 0 fully saturated rings. The quantitative estimate of drug-likeness (QED) is 0.795. The van der Waals surface area contributed by atoms with E-state index in [1.807, 2.05) is 32.0 Å². The van der Waals surface area contributed by atoms with E-state index in [0.717, 1.165) is 15.2 Å². The van der Waals surface area contributed by atoms with Gasteiger partial charge in [-0.05, 0) is 31.4 Å². The van der Waals surface area contributed by atoms with Crippen molar-refractivity contribution in [2.75, 3.05) is 0 Å². The Labute approximate surface area is 108 Å². The molecule has 0 spiro atoms. The van der Waals surface area contributed by atoms with Crippen LogP contribution in [-0.4, -0.2) is 17.1 Å². The zero-order valence-electron chi connectivity index (χ0n) is 9.61. The van der Waals surface area contributed by atoms with Crippen molar-refractivity contribution < 1.29 is 9.53 Å². The van der Waals surface area contributed by atoms with Crippen LogP contribution in [-0.2, 0) is 4.74 Å². The van der Waals surface area contributed by atoms with Gasteiger partial charge in [0.15, 0.2) is 0 Å². The maximum absolute atomic E-state index is 11.7. The molecule has 0 bridgehead atoms. The van der Waals surface area contributed by atoms with Crippen molar-refractivity contribution >= 4 is 32.7 Å². The molecule has 0 aliphatic heterocycles. The zero-order valence-corrected chi connectivity index (χ0v) is 11.2. The van der Waals surface area contributed by atoms with E-state index in [1.165, 1.54) is 0 Å². The minimum absolute atomic E-state index is 0.140. The van der Waals surface area contributed by atoms with Crippen molar-refractivity contribution in [1.29, 1.82) is 0 Å². The number of hydrogen-bond acceptors (Lipinski definition) is 3. The van der Waals surface area contributed by atoms with Gasteiger partial charge in [0.2, 0.25) is 0 Å². The third-order valence-electron chi connectivity index (χ3n) is 2.26. The second-order valence-corrected chi connectivity index (χ2v) is 4.84. The predicted octanol–water partition coefficient (Wildman–Crippen LogP) is 3.56. The number of ether oxygens (including phenoxy) is 1. The molecule has 0 amide bonds. The number of rotatable bonds is 2. The number of hydrogen-bond donors (Lipinski definition) is 0. The van der Waals surface area contributed by atoms with E-state index in [2.05, 4.69) is 20.9 Å². The lowest BCUT2D eigenvalue weighted by Crippen LogP contribution is -2.12. The molecular weight excluding hydrogens is 282 g/mol. The van der Waals surface area contributed by atoms with Crippen LogP contribution in [0.1, 0.15) is 24.3 Å². The van der Waals surface area contributed by atoms with Crippen LogP contribution in [0.25, 0.3) is 10.8 Å². The van der Waals surface area contributed by atoms with E-state index in [0.29, 0.717) is 5.69 Å². The van der Waals surface area contributed by atoms with E-state index >= 15 is 0 Å². The Hall–Kier alpha value is -1.42. The molecule has 2 aromatic rings. The fourth-order valence-corrected chi connectivity index (χ4v) is 2.01. The molecule has 17 heavy (non-hydrogen) atoms. The molecule has 0 saturated heterocycles.